The second kappa shape index (κ2) is 5.66. The Morgan fingerprint density at radius 1 is 1.00 bits per heavy atom. The first-order valence-corrected chi connectivity index (χ1v) is 9.28. The van der Waals surface area contributed by atoms with E-state index < -0.39 is 11.4 Å². The minimum Gasteiger partial charge on any atom is -0.481 e. The molecule has 0 atom stereocenters. The standard InChI is InChI=1S/C5H4I6O2/c1-3(2(12)13,4(6,7)8)5(9,10)11/h1H3,(H,12,13). The maximum Gasteiger partial charge on any atom is 0.315 e. The summed E-state index contributed by atoms with van der Waals surface area (Å²) in [4.78, 5) is 11.3. The third-order valence-corrected chi connectivity index (χ3v) is 8.03. The molecule has 0 aromatic rings. The van der Waals surface area contributed by atoms with Crippen molar-refractivity contribution in [3.05, 3.63) is 0 Å². The van der Waals surface area contributed by atoms with Crippen LogP contribution in [0.5, 0.6) is 0 Å². The van der Waals surface area contributed by atoms with E-state index in [0.717, 1.165) is 0 Å². The number of carboxylic acids is 1. The van der Waals surface area contributed by atoms with Crippen LogP contribution >= 0.6 is 136 Å². The van der Waals surface area contributed by atoms with Gasteiger partial charge in [0.1, 0.15) is 4.29 Å². The maximum absolute atomic E-state index is 11.3. The van der Waals surface area contributed by atoms with Gasteiger partial charge in [0.05, 0.1) is 0 Å². The van der Waals surface area contributed by atoms with E-state index in [0.29, 0.717) is 0 Å². The molecule has 0 heterocycles. The predicted octanol–water partition coefficient (Wildman–Crippen LogP) is 4.99. The van der Waals surface area contributed by atoms with E-state index in [2.05, 4.69) is 136 Å². The fraction of sp³-hybridized carbons (Fsp3) is 0.800. The Hall–Kier alpha value is 3.85. The molecular formula is C5H4I6O2. The molecule has 0 spiro atoms. The van der Waals surface area contributed by atoms with Crippen molar-refractivity contribution < 1.29 is 9.90 Å². The minimum absolute atomic E-state index is 0.352. The number of rotatable bonds is 3. The molecule has 0 aliphatic heterocycles. The van der Waals surface area contributed by atoms with Gasteiger partial charge >= 0.3 is 5.97 Å². The lowest BCUT2D eigenvalue weighted by Gasteiger charge is -2.39. The van der Waals surface area contributed by atoms with Gasteiger partial charge in [-0.3, -0.25) is 4.79 Å². The molecule has 0 saturated carbocycles. The third-order valence-electron chi connectivity index (χ3n) is 1.56. The molecule has 0 rings (SSSR count). The summed E-state index contributed by atoms with van der Waals surface area (Å²) in [5.41, 5.74) is -0.788. The number of aliphatic carboxylic acids is 1. The molecule has 0 aliphatic rings. The van der Waals surface area contributed by atoms with Crippen LogP contribution in [0.4, 0.5) is 0 Å². The zero-order valence-electron chi connectivity index (χ0n) is 6.12. The molecule has 78 valence electrons. The van der Waals surface area contributed by atoms with Crippen molar-refractivity contribution in [1.82, 2.24) is 0 Å². The van der Waals surface area contributed by atoms with E-state index in [1.54, 1.807) is 6.92 Å². The van der Waals surface area contributed by atoms with Crippen molar-refractivity contribution in [3.8, 4) is 0 Å². The van der Waals surface area contributed by atoms with Gasteiger partial charge in [-0.15, -0.1) is 0 Å². The van der Waals surface area contributed by atoms with Crippen LogP contribution in [0.15, 0.2) is 0 Å². The molecule has 0 fully saturated rings. The lowest BCUT2D eigenvalue weighted by atomic mass is 9.97. The Labute approximate surface area is 159 Å². The highest BCUT2D eigenvalue weighted by Gasteiger charge is 2.60. The molecule has 13 heavy (non-hydrogen) atoms. The van der Waals surface area contributed by atoms with Crippen LogP contribution in [0.2, 0.25) is 0 Å². The maximum atomic E-state index is 11.3. The van der Waals surface area contributed by atoms with Crippen LogP contribution in [-0.2, 0) is 4.79 Å². The predicted molar refractivity (Wildman–Crippen MR) is 105 cm³/mol. The molecule has 0 unspecified atom stereocenters. The number of carboxylic acid groups (broad SMARTS) is 1. The summed E-state index contributed by atoms with van der Waals surface area (Å²) in [6.45, 7) is 1.78. The van der Waals surface area contributed by atoms with Crippen LogP contribution in [0.25, 0.3) is 0 Å². The monoisotopic (exact) mass is 857 g/mol. The number of hydrogen-bond donors (Lipinski definition) is 1. The first kappa shape index (κ1) is 16.9. The highest BCUT2D eigenvalue weighted by atomic mass is 127. The van der Waals surface area contributed by atoms with Crippen LogP contribution in [0.3, 0.4) is 0 Å². The molecule has 0 aliphatic carbocycles. The molecule has 0 saturated heterocycles. The quantitative estimate of drug-likeness (QED) is 0.321. The lowest BCUT2D eigenvalue weighted by molar-refractivity contribution is -0.145. The van der Waals surface area contributed by atoms with Crippen molar-refractivity contribution in [2.45, 2.75) is 5.79 Å². The second-order valence-electron chi connectivity index (χ2n) is 2.43. The van der Waals surface area contributed by atoms with E-state index >= 15 is 0 Å². The van der Waals surface area contributed by atoms with Crippen molar-refractivity contribution in [2.75, 3.05) is 0 Å². The number of alkyl halides is 6. The summed E-state index contributed by atoms with van der Waals surface area (Å²) in [6, 6.07) is 0. The zero-order chi connectivity index (χ0) is 11.1. The summed E-state index contributed by atoms with van der Waals surface area (Å²) < 4.78 is -0.703. The van der Waals surface area contributed by atoms with Gasteiger partial charge in [-0.05, 0) is 6.92 Å². The Balaban J connectivity index is 5.35. The van der Waals surface area contributed by atoms with Gasteiger partial charge < -0.3 is 5.11 Å². The normalized spacial score (nSPS) is 14.4. The molecule has 0 radical (unpaired) electrons. The first-order chi connectivity index (χ1) is 5.44. The number of hydrogen-bond acceptors (Lipinski definition) is 1. The van der Waals surface area contributed by atoms with Gasteiger partial charge in [0, 0.05) is 0 Å². The Bertz CT molecular complexity index is 200. The fourth-order valence-corrected chi connectivity index (χ4v) is 8.86. The van der Waals surface area contributed by atoms with Crippen molar-refractivity contribution in [3.63, 3.8) is 0 Å². The van der Waals surface area contributed by atoms with Crippen molar-refractivity contribution in [1.29, 1.82) is 0 Å². The average Bonchev–Trinajstić information content (AvgIpc) is 1.80. The molecule has 0 aromatic heterocycles. The molecular weight excluding hydrogens is 853 g/mol. The van der Waals surface area contributed by atoms with Gasteiger partial charge in [-0.25, -0.2) is 0 Å². The minimum atomic E-state index is -0.788. The lowest BCUT2D eigenvalue weighted by Crippen LogP contribution is -2.48. The largest absolute Gasteiger partial charge is 0.481 e. The van der Waals surface area contributed by atoms with Gasteiger partial charge in [-0.2, -0.15) is 0 Å². The Kier molecular flexibility index (Phi) is 7.34. The van der Waals surface area contributed by atoms with Crippen LogP contribution in [0.1, 0.15) is 6.92 Å². The molecule has 8 heteroatoms. The average molecular weight is 858 g/mol. The topological polar surface area (TPSA) is 37.3 Å². The number of halogens is 6. The van der Waals surface area contributed by atoms with E-state index in [1.165, 1.54) is 0 Å². The van der Waals surface area contributed by atoms with Crippen LogP contribution in [0, 0.1) is 5.41 Å². The summed E-state index contributed by atoms with van der Waals surface area (Å²) >= 11 is 13.0. The van der Waals surface area contributed by atoms with E-state index in [9.17, 15) is 9.90 Å². The summed E-state index contributed by atoms with van der Waals surface area (Å²) in [6.07, 6.45) is 0. The molecule has 2 nitrogen and oxygen atoms in total. The van der Waals surface area contributed by atoms with E-state index in [4.69, 9.17) is 0 Å². The van der Waals surface area contributed by atoms with Crippen molar-refractivity contribution >= 4 is 142 Å². The summed E-state index contributed by atoms with van der Waals surface area (Å²) in [5, 5.41) is 9.27. The van der Waals surface area contributed by atoms with Gasteiger partial charge in [0.15, 0.2) is 0 Å². The molecule has 1 N–H and O–H groups in total. The molecule has 0 aromatic carbocycles. The fourth-order valence-electron chi connectivity index (χ4n) is 0.403. The van der Waals surface area contributed by atoms with Gasteiger partial charge in [0.25, 0.3) is 0 Å². The third kappa shape index (κ3) is 3.92. The van der Waals surface area contributed by atoms with E-state index in [-0.39, 0.29) is -1.13 Å². The highest BCUT2D eigenvalue weighted by Crippen LogP contribution is 2.63. The smallest absolute Gasteiger partial charge is 0.315 e. The Morgan fingerprint density at radius 2 is 1.23 bits per heavy atom. The Morgan fingerprint density at radius 3 is 1.23 bits per heavy atom. The molecule has 0 amide bonds. The SMILES string of the molecule is CC(C(=O)O)(C(I)(I)I)C(I)(I)I. The summed E-state index contributed by atoms with van der Waals surface area (Å²) in [5.74, 6) is -0.760. The van der Waals surface area contributed by atoms with Crippen LogP contribution < -0.4 is 0 Å². The zero-order valence-corrected chi connectivity index (χ0v) is 19.1. The van der Waals surface area contributed by atoms with E-state index in [1.807, 2.05) is 0 Å². The van der Waals surface area contributed by atoms with Crippen LogP contribution in [-0.4, -0.2) is 9.95 Å². The number of carbonyl (C=O) groups is 1. The van der Waals surface area contributed by atoms with Crippen molar-refractivity contribution in [2.24, 2.45) is 5.41 Å². The highest BCUT2D eigenvalue weighted by molar-refractivity contribution is 14.3. The summed E-state index contributed by atoms with van der Waals surface area (Å²) in [7, 11) is 0. The first-order valence-electron chi connectivity index (χ1n) is 2.81. The van der Waals surface area contributed by atoms with Gasteiger partial charge in [-0.1, -0.05) is 136 Å². The second-order valence-corrected chi connectivity index (χ2v) is 24.5. The molecule has 0 bridgehead atoms. The van der Waals surface area contributed by atoms with Gasteiger partial charge in [0.2, 0.25) is 0 Å².